The minimum Gasteiger partial charge on any atom is -0.409 e. The van der Waals surface area contributed by atoms with E-state index in [9.17, 15) is 13.2 Å². The Hall–Kier alpha value is -1.76. The molecule has 0 heterocycles. The van der Waals surface area contributed by atoms with Gasteiger partial charge in [-0.1, -0.05) is 35.5 Å². The minimum absolute atomic E-state index is 0.266. The summed E-state index contributed by atoms with van der Waals surface area (Å²) in [7, 11) is 0. The molecule has 0 spiro atoms. The Balaban J connectivity index is 2.68. The zero-order valence-electron chi connectivity index (χ0n) is 10.4. The fraction of sp³-hybridized carbons (Fsp3) is 0.417. The molecule has 19 heavy (non-hydrogen) atoms. The highest BCUT2D eigenvalue weighted by Crippen LogP contribution is 2.26. The number of alkyl halides is 3. The molecule has 4 nitrogen and oxygen atoms in total. The van der Waals surface area contributed by atoms with Gasteiger partial charge in [-0.05, 0) is 12.5 Å². The smallest absolute Gasteiger partial charge is 0.400 e. The van der Waals surface area contributed by atoms with E-state index in [1.807, 2.05) is 18.2 Å². The van der Waals surface area contributed by atoms with E-state index < -0.39 is 24.5 Å². The van der Waals surface area contributed by atoms with E-state index in [2.05, 4.69) is 10.5 Å². The van der Waals surface area contributed by atoms with Crippen LogP contribution in [0.25, 0.3) is 0 Å². The predicted molar refractivity (Wildman–Crippen MR) is 65.8 cm³/mol. The molecule has 0 aliphatic heterocycles. The first-order valence-electron chi connectivity index (χ1n) is 5.68. The largest absolute Gasteiger partial charge is 0.409 e. The average Bonchev–Trinajstić information content (AvgIpc) is 2.37. The second-order valence-electron chi connectivity index (χ2n) is 4.16. The van der Waals surface area contributed by atoms with Gasteiger partial charge in [-0.2, -0.15) is 13.2 Å². The van der Waals surface area contributed by atoms with E-state index in [1.165, 1.54) is 0 Å². The summed E-state index contributed by atoms with van der Waals surface area (Å²) in [5.74, 6) is -2.86. The lowest BCUT2D eigenvalue weighted by molar-refractivity contribution is -0.155. The molecule has 0 fully saturated rings. The van der Waals surface area contributed by atoms with Crippen LogP contribution in [0.4, 0.5) is 13.2 Å². The number of rotatable bonds is 5. The zero-order valence-corrected chi connectivity index (χ0v) is 10.4. The van der Waals surface area contributed by atoms with Crippen LogP contribution in [-0.4, -0.2) is 23.8 Å². The van der Waals surface area contributed by atoms with Crippen LogP contribution >= 0.6 is 0 Å². The van der Waals surface area contributed by atoms with Crippen molar-refractivity contribution in [1.29, 1.82) is 0 Å². The molecule has 0 bridgehead atoms. The highest BCUT2D eigenvalue weighted by Gasteiger charge is 2.42. The molecule has 0 aromatic heterocycles. The van der Waals surface area contributed by atoms with Crippen LogP contribution in [0.5, 0.6) is 0 Å². The number of nitrogens with one attached hydrogen (secondary N) is 1. The maximum absolute atomic E-state index is 12.7. The van der Waals surface area contributed by atoms with Gasteiger partial charge in [0.05, 0.1) is 0 Å². The van der Waals surface area contributed by atoms with E-state index in [1.54, 1.807) is 19.1 Å². The van der Waals surface area contributed by atoms with Crippen molar-refractivity contribution in [3.8, 4) is 0 Å². The summed E-state index contributed by atoms with van der Waals surface area (Å²) in [5.41, 5.74) is 5.93. The predicted octanol–water partition coefficient (Wildman–Crippen LogP) is 2.26. The highest BCUT2D eigenvalue weighted by molar-refractivity contribution is 5.83. The molecule has 1 aromatic carbocycles. The van der Waals surface area contributed by atoms with E-state index in [-0.39, 0.29) is 6.04 Å². The minimum atomic E-state index is -4.56. The van der Waals surface area contributed by atoms with E-state index in [4.69, 9.17) is 10.9 Å². The van der Waals surface area contributed by atoms with Crippen LogP contribution in [0, 0.1) is 5.92 Å². The number of amidine groups is 1. The number of hydrogen-bond donors (Lipinski definition) is 3. The standard InChI is InChI=1S/C12H16F3N3O/c1-8(9-5-3-2-4-6-9)17-7-10(11(16)18-19)12(13,14)15/h2-6,8,10,17,19H,7H2,1H3,(H2,16,18)/t8-,10?/m0/s1. The first-order chi connectivity index (χ1) is 8.86. The molecule has 0 aliphatic carbocycles. The summed E-state index contributed by atoms with van der Waals surface area (Å²) in [6.07, 6.45) is -4.56. The molecule has 0 saturated carbocycles. The SMILES string of the molecule is C[C@H](NCC(/C(N)=N/O)C(F)(F)F)c1ccccc1. The molecule has 4 N–H and O–H groups in total. The Kier molecular flexibility index (Phi) is 5.17. The number of oxime groups is 1. The summed E-state index contributed by atoms with van der Waals surface area (Å²) >= 11 is 0. The normalized spacial score (nSPS) is 16.1. The van der Waals surface area contributed by atoms with E-state index in [0.29, 0.717) is 0 Å². The Bertz CT molecular complexity index is 420. The maximum atomic E-state index is 12.7. The number of halogens is 3. The third-order valence-electron chi connectivity index (χ3n) is 2.80. The third kappa shape index (κ3) is 4.44. The second-order valence-corrected chi connectivity index (χ2v) is 4.16. The van der Waals surface area contributed by atoms with Crippen LogP contribution in [0.2, 0.25) is 0 Å². The Morgan fingerprint density at radius 3 is 2.42 bits per heavy atom. The van der Waals surface area contributed by atoms with Gasteiger partial charge >= 0.3 is 6.18 Å². The number of nitrogens with zero attached hydrogens (tertiary/aromatic N) is 1. The van der Waals surface area contributed by atoms with Crippen molar-refractivity contribution in [3.63, 3.8) is 0 Å². The summed E-state index contributed by atoms with van der Waals surface area (Å²) < 4.78 is 38.1. The Morgan fingerprint density at radius 1 is 1.37 bits per heavy atom. The molecule has 106 valence electrons. The van der Waals surface area contributed by atoms with Crippen molar-refractivity contribution in [2.45, 2.75) is 19.1 Å². The van der Waals surface area contributed by atoms with Crippen LogP contribution in [0.1, 0.15) is 18.5 Å². The Labute approximate surface area is 109 Å². The van der Waals surface area contributed by atoms with Crippen LogP contribution in [-0.2, 0) is 0 Å². The lowest BCUT2D eigenvalue weighted by Crippen LogP contribution is -2.43. The van der Waals surface area contributed by atoms with Crippen molar-refractivity contribution in [1.82, 2.24) is 5.32 Å². The first kappa shape index (κ1) is 15.3. The van der Waals surface area contributed by atoms with Gasteiger partial charge in [0, 0.05) is 12.6 Å². The first-order valence-corrected chi connectivity index (χ1v) is 5.68. The molecule has 1 unspecified atom stereocenters. The van der Waals surface area contributed by atoms with Gasteiger partial charge < -0.3 is 16.3 Å². The molecule has 1 rings (SSSR count). The molecular weight excluding hydrogens is 259 g/mol. The molecule has 0 radical (unpaired) electrons. The van der Waals surface area contributed by atoms with Crippen molar-refractivity contribution in [2.75, 3.05) is 6.54 Å². The summed E-state index contributed by atoms with van der Waals surface area (Å²) in [4.78, 5) is 0. The van der Waals surface area contributed by atoms with Crippen LogP contribution in [0.15, 0.2) is 35.5 Å². The lowest BCUT2D eigenvalue weighted by atomic mass is 10.1. The van der Waals surface area contributed by atoms with Crippen LogP contribution < -0.4 is 11.1 Å². The number of benzene rings is 1. The molecule has 1 aromatic rings. The van der Waals surface area contributed by atoms with E-state index in [0.717, 1.165) is 5.56 Å². The summed E-state index contributed by atoms with van der Waals surface area (Å²) in [6, 6.07) is 8.78. The van der Waals surface area contributed by atoms with E-state index >= 15 is 0 Å². The summed E-state index contributed by atoms with van der Waals surface area (Å²) in [6.45, 7) is 1.30. The molecule has 7 heteroatoms. The Morgan fingerprint density at radius 2 is 1.95 bits per heavy atom. The fourth-order valence-corrected chi connectivity index (χ4v) is 1.61. The van der Waals surface area contributed by atoms with Gasteiger partial charge in [0.25, 0.3) is 0 Å². The van der Waals surface area contributed by atoms with Crippen molar-refractivity contribution in [2.24, 2.45) is 16.8 Å². The molecule has 2 atom stereocenters. The number of hydrogen-bond acceptors (Lipinski definition) is 3. The average molecular weight is 275 g/mol. The quantitative estimate of drug-likeness (QED) is 0.334. The van der Waals surface area contributed by atoms with Gasteiger partial charge in [-0.15, -0.1) is 0 Å². The van der Waals surface area contributed by atoms with Crippen molar-refractivity contribution < 1.29 is 18.4 Å². The number of nitrogens with two attached hydrogens (primary N) is 1. The van der Waals surface area contributed by atoms with Crippen molar-refractivity contribution >= 4 is 5.84 Å². The second kappa shape index (κ2) is 6.42. The van der Waals surface area contributed by atoms with Crippen LogP contribution in [0.3, 0.4) is 0 Å². The van der Waals surface area contributed by atoms with Gasteiger partial charge in [0.1, 0.15) is 5.92 Å². The molecule has 0 saturated heterocycles. The van der Waals surface area contributed by atoms with Crippen molar-refractivity contribution in [3.05, 3.63) is 35.9 Å². The van der Waals surface area contributed by atoms with Gasteiger partial charge in [-0.3, -0.25) is 0 Å². The maximum Gasteiger partial charge on any atom is 0.400 e. The monoisotopic (exact) mass is 275 g/mol. The molecule has 0 aliphatic rings. The summed E-state index contributed by atoms with van der Waals surface area (Å²) in [5, 5.41) is 13.6. The van der Waals surface area contributed by atoms with Gasteiger partial charge in [0.15, 0.2) is 5.84 Å². The lowest BCUT2D eigenvalue weighted by Gasteiger charge is -2.22. The van der Waals surface area contributed by atoms with Gasteiger partial charge in [-0.25, -0.2) is 0 Å². The highest BCUT2D eigenvalue weighted by atomic mass is 19.4. The topological polar surface area (TPSA) is 70.6 Å². The molecule has 0 amide bonds. The fourth-order valence-electron chi connectivity index (χ4n) is 1.61. The third-order valence-corrected chi connectivity index (χ3v) is 2.80. The zero-order chi connectivity index (χ0) is 14.5. The molecular formula is C12H16F3N3O. The van der Waals surface area contributed by atoms with Gasteiger partial charge in [0.2, 0.25) is 0 Å².